The summed E-state index contributed by atoms with van der Waals surface area (Å²) in [6, 6.07) is 13.6. The third kappa shape index (κ3) is 5.26. The lowest BCUT2D eigenvalue weighted by Gasteiger charge is -2.19. The van der Waals surface area contributed by atoms with E-state index in [9.17, 15) is 13.2 Å². The number of carbonyl (C=O) groups excluding carboxylic acids is 1. The topological polar surface area (TPSA) is 75.7 Å². The molecule has 0 atom stereocenters. The Morgan fingerprint density at radius 3 is 2.41 bits per heavy atom. The fraction of sp³-hybridized carbons (Fsp3) is 0.261. The van der Waals surface area contributed by atoms with Gasteiger partial charge in [0.25, 0.3) is 15.9 Å². The molecule has 1 N–H and O–H groups in total. The number of anilines is 2. The highest BCUT2D eigenvalue weighted by atomic mass is 35.5. The standard InChI is InChI=1S/C23H25ClN2O4S2/c1-4-16-8-13-20(24)19(5-2)23(16)25-21(27)15-30-18-11-9-17(10-12-18)26(3)32(28,29)22-7-6-14-31-22/h6-14H,4-5,15H2,1-3H3,(H,25,27). The van der Waals surface area contributed by atoms with Crippen molar-refractivity contribution in [3.05, 3.63) is 70.1 Å². The minimum absolute atomic E-state index is 0.179. The highest BCUT2D eigenvalue weighted by Crippen LogP contribution is 2.30. The number of sulfonamides is 1. The van der Waals surface area contributed by atoms with Gasteiger partial charge in [-0.1, -0.05) is 37.6 Å². The van der Waals surface area contributed by atoms with Gasteiger partial charge in [0, 0.05) is 17.8 Å². The van der Waals surface area contributed by atoms with Crippen LogP contribution in [0.25, 0.3) is 0 Å². The van der Waals surface area contributed by atoms with Crippen molar-refractivity contribution in [3.63, 3.8) is 0 Å². The first kappa shape index (κ1) is 24.1. The van der Waals surface area contributed by atoms with E-state index in [1.807, 2.05) is 26.0 Å². The lowest BCUT2D eigenvalue weighted by atomic mass is 10.0. The summed E-state index contributed by atoms with van der Waals surface area (Å²) < 4.78 is 32.4. The van der Waals surface area contributed by atoms with Crippen LogP contribution in [0, 0.1) is 0 Å². The predicted octanol–water partition coefficient (Wildman–Crippen LogP) is 5.37. The van der Waals surface area contributed by atoms with Crippen LogP contribution in [-0.2, 0) is 27.7 Å². The third-order valence-corrected chi connectivity index (χ3v) is 8.53. The molecule has 0 saturated carbocycles. The van der Waals surface area contributed by atoms with E-state index in [-0.39, 0.29) is 16.7 Å². The Bertz CT molecular complexity index is 1180. The van der Waals surface area contributed by atoms with Gasteiger partial charge in [0.1, 0.15) is 9.96 Å². The lowest BCUT2D eigenvalue weighted by molar-refractivity contribution is -0.118. The van der Waals surface area contributed by atoms with Crippen molar-refractivity contribution in [1.29, 1.82) is 0 Å². The maximum absolute atomic E-state index is 12.6. The summed E-state index contributed by atoms with van der Waals surface area (Å²) in [5.74, 6) is 0.168. The van der Waals surface area contributed by atoms with Crippen LogP contribution in [0.15, 0.2) is 58.1 Å². The van der Waals surface area contributed by atoms with Gasteiger partial charge in [0.2, 0.25) is 0 Å². The van der Waals surface area contributed by atoms with E-state index in [2.05, 4.69) is 5.32 Å². The molecule has 0 unspecified atom stereocenters. The fourth-order valence-corrected chi connectivity index (χ4v) is 5.88. The Morgan fingerprint density at radius 1 is 1.09 bits per heavy atom. The molecule has 9 heteroatoms. The first-order valence-corrected chi connectivity index (χ1v) is 12.8. The Hall–Kier alpha value is -2.55. The van der Waals surface area contributed by atoms with Crippen LogP contribution in [0.1, 0.15) is 25.0 Å². The Labute approximate surface area is 197 Å². The van der Waals surface area contributed by atoms with Gasteiger partial charge in [-0.25, -0.2) is 8.42 Å². The highest BCUT2D eigenvalue weighted by molar-refractivity contribution is 7.94. The summed E-state index contributed by atoms with van der Waals surface area (Å²) >= 11 is 7.46. The Kier molecular flexibility index (Phi) is 7.82. The molecule has 3 rings (SSSR count). The molecule has 0 radical (unpaired) electrons. The van der Waals surface area contributed by atoms with Crippen molar-refractivity contribution >= 4 is 50.2 Å². The lowest BCUT2D eigenvalue weighted by Crippen LogP contribution is -2.25. The van der Waals surface area contributed by atoms with Crippen LogP contribution in [0.5, 0.6) is 5.75 Å². The van der Waals surface area contributed by atoms with Crippen molar-refractivity contribution in [2.45, 2.75) is 30.9 Å². The van der Waals surface area contributed by atoms with Crippen molar-refractivity contribution < 1.29 is 17.9 Å². The molecule has 1 aromatic heterocycles. The molecule has 6 nitrogen and oxygen atoms in total. The van der Waals surface area contributed by atoms with Gasteiger partial charge >= 0.3 is 0 Å². The van der Waals surface area contributed by atoms with Crippen molar-refractivity contribution in [3.8, 4) is 5.75 Å². The first-order chi connectivity index (χ1) is 15.3. The summed E-state index contributed by atoms with van der Waals surface area (Å²) in [6.45, 7) is 3.83. The fourth-order valence-electron chi connectivity index (χ4n) is 3.23. The van der Waals surface area contributed by atoms with Crippen LogP contribution in [0.4, 0.5) is 11.4 Å². The summed E-state index contributed by atoms with van der Waals surface area (Å²) in [5, 5.41) is 5.27. The van der Waals surface area contributed by atoms with E-state index in [4.69, 9.17) is 16.3 Å². The molecule has 0 spiro atoms. The van der Waals surface area contributed by atoms with E-state index in [0.29, 0.717) is 22.9 Å². The number of amides is 1. The largest absolute Gasteiger partial charge is 0.484 e. The molecule has 170 valence electrons. The normalized spacial score (nSPS) is 11.2. The summed E-state index contributed by atoms with van der Waals surface area (Å²) in [6.07, 6.45) is 1.47. The molecule has 0 bridgehead atoms. The van der Waals surface area contributed by atoms with E-state index in [0.717, 1.165) is 23.2 Å². The highest BCUT2D eigenvalue weighted by Gasteiger charge is 2.22. The number of nitrogens with zero attached hydrogens (tertiary/aromatic N) is 1. The maximum Gasteiger partial charge on any atom is 0.273 e. The third-order valence-electron chi connectivity index (χ3n) is 5.02. The van der Waals surface area contributed by atoms with Gasteiger partial charge in [0.15, 0.2) is 6.61 Å². The minimum atomic E-state index is -3.60. The monoisotopic (exact) mass is 492 g/mol. The van der Waals surface area contributed by atoms with Crippen LogP contribution < -0.4 is 14.4 Å². The molecule has 32 heavy (non-hydrogen) atoms. The number of nitrogens with one attached hydrogen (secondary N) is 1. The number of hydrogen-bond acceptors (Lipinski definition) is 5. The SMILES string of the molecule is CCc1ccc(Cl)c(CC)c1NC(=O)COc1ccc(N(C)S(=O)(=O)c2cccs2)cc1. The van der Waals surface area contributed by atoms with E-state index < -0.39 is 10.0 Å². The summed E-state index contributed by atoms with van der Waals surface area (Å²) in [7, 11) is -2.10. The van der Waals surface area contributed by atoms with Gasteiger partial charge in [-0.15, -0.1) is 11.3 Å². The molecular formula is C23H25ClN2O4S2. The second-order valence-electron chi connectivity index (χ2n) is 7.00. The molecule has 1 amide bonds. The number of thiophene rings is 1. The molecule has 0 saturated heterocycles. The zero-order chi connectivity index (χ0) is 23.3. The molecule has 1 heterocycles. The van der Waals surface area contributed by atoms with Crippen molar-refractivity contribution in [1.82, 2.24) is 0 Å². The molecule has 3 aromatic rings. The second kappa shape index (κ2) is 10.4. The zero-order valence-electron chi connectivity index (χ0n) is 18.1. The minimum Gasteiger partial charge on any atom is -0.484 e. The smallest absolute Gasteiger partial charge is 0.273 e. The summed E-state index contributed by atoms with van der Waals surface area (Å²) in [5.41, 5.74) is 3.15. The zero-order valence-corrected chi connectivity index (χ0v) is 20.5. The Balaban J connectivity index is 1.65. The molecule has 0 aliphatic heterocycles. The number of rotatable bonds is 9. The number of carbonyl (C=O) groups is 1. The molecule has 0 aliphatic rings. The first-order valence-electron chi connectivity index (χ1n) is 10.1. The van der Waals surface area contributed by atoms with Crippen LogP contribution in [0.3, 0.4) is 0 Å². The van der Waals surface area contributed by atoms with Crippen LogP contribution in [0.2, 0.25) is 5.02 Å². The molecule has 2 aromatic carbocycles. The second-order valence-corrected chi connectivity index (χ2v) is 10.6. The number of aryl methyl sites for hydroxylation is 1. The quantitative estimate of drug-likeness (QED) is 0.435. The molecule has 0 aliphatic carbocycles. The van der Waals surface area contributed by atoms with Crippen molar-refractivity contribution in [2.24, 2.45) is 0 Å². The number of hydrogen-bond donors (Lipinski definition) is 1. The predicted molar refractivity (Wildman–Crippen MR) is 131 cm³/mol. The van der Waals surface area contributed by atoms with Gasteiger partial charge < -0.3 is 10.1 Å². The maximum atomic E-state index is 12.6. The molecule has 0 fully saturated rings. The van der Waals surface area contributed by atoms with Gasteiger partial charge in [-0.2, -0.15) is 0 Å². The average Bonchev–Trinajstić information content (AvgIpc) is 3.34. The van der Waals surface area contributed by atoms with Gasteiger partial charge in [0.05, 0.1) is 5.69 Å². The van der Waals surface area contributed by atoms with Gasteiger partial charge in [-0.05, 0) is 65.7 Å². The Morgan fingerprint density at radius 2 is 1.81 bits per heavy atom. The number of ether oxygens (including phenoxy) is 1. The van der Waals surface area contributed by atoms with Crippen LogP contribution in [-0.4, -0.2) is 28.0 Å². The average molecular weight is 493 g/mol. The molecular weight excluding hydrogens is 468 g/mol. The summed E-state index contributed by atoms with van der Waals surface area (Å²) in [4.78, 5) is 12.5. The number of halogens is 1. The van der Waals surface area contributed by atoms with E-state index in [1.165, 1.54) is 22.7 Å². The van der Waals surface area contributed by atoms with E-state index >= 15 is 0 Å². The van der Waals surface area contributed by atoms with Gasteiger partial charge in [-0.3, -0.25) is 9.10 Å². The van der Waals surface area contributed by atoms with E-state index in [1.54, 1.807) is 41.8 Å². The number of benzene rings is 2. The van der Waals surface area contributed by atoms with Crippen LogP contribution >= 0.6 is 22.9 Å². The van der Waals surface area contributed by atoms with Crippen molar-refractivity contribution in [2.75, 3.05) is 23.3 Å².